The molecule has 10 heteroatoms. The summed E-state index contributed by atoms with van der Waals surface area (Å²) in [5.41, 5.74) is 2.41. The highest BCUT2D eigenvalue weighted by Gasteiger charge is 2.27. The van der Waals surface area contributed by atoms with Crippen molar-refractivity contribution in [3.63, 3.8) is 0 Å². The van der Waals surface area contributed by atoms with Crippen LogP contribution < -0.4 is 9.64 Å². The van der Waals surface area contributed by atoms with E-state index in [9.17, 15) is 13.6 Å². The maximum atomic E-state index is 14.7. The van der Waals surface area contributed by atoms with Crippen molar-refractivity contribution in [3.8, 4) is 17.1 Å². The van der Waals surface area contributed by atoms with Crippen molar-refractivity contribution in [1.29, 1.82) is 0 Å². The maximum Gasteiger partial charge on any atom is 0.318 e. The van der Waals surface area contributed by atoms with Crippen LogP contribution in [0, 0.1) is 0 Å². The quantitative estimate of drug-likeness (QED) is 0.348. The largest absolute Gasteiger partial charge is 0.467 e. The molecule has 36 heavy (non-hydrogen) atoms. The number of piperazine rings is 1. The molecule has 0 unspecified atom stereocenters. The Morgan fingerprint density at radius 3 is 2.47 bits per heavy atom. The molecule has 0 saturated carbocycles. The van der Waals surface area contributed by atoms with E-state index in [0.29, 0.717) is 46.1 Å². The predicted molar refractivity (Wildman–Crippen MR) is 136 cm³/mol. The average Bonchev–Trinajstić information content (AvgIpc) is 2.91. The third kappa shape index (κ3) is 4.09. The summed E-state index contributed by atoms with van der Waals surface area (Å²) in [6.45, 7) is 3.59. The summed E-state index contributed by atoms with van der Waals surface area (Å²) in [6.07, 6.45) is 1.61. The van der Waals surface area contributed by atoms with Crippen molar-refractivity contribution >= 4 is 45.1 Å². The Balaban J connectivity index is 1.64. The van der Waals surface area contributed by atoms with Crippen molar-refractivity contribution < 1.29 is 18.3 Å². The molecule has 1 aliphatic heterocycles. The number of benzene rings is 2. The van der Waals surface area contributed by atoms with Crippen LogP contribution in [0.1, 0.15) is 5.56 Å². The lowest BCUT2D eigenvalue weighted by Gasteiger charge is -2.35. The van der Waals surface area contributed by atoms with Crippen molar-refractivity contribution in [2.75, 3.05) is 38.2 Å². The summed E-state index contributed by atoms with van der Waals surface area (Å²) in [4.78, 5) is 28.8. The number of anilines is 1. The number of nitrogens with zero attached hydrogens (tertiary/aromatic N) is 5. The number of aromatic nitrogens is 3. The molecule has 1 aliphatic rings. The van der Waals surface area contributed by atoms with E-state index >= 15 is 0 Å². The molecule has 0 spiro atoms. The van der Waals surface area contributed by atoms with Gasteiger partial charge in [0.1, 0.15) is 17.7 Å². The molecule has 1 saturated heterocycles. The van der Waals surface area contributed by atoms with Gasteiger partial charge in [-0.2, -0.15) is 9.97 Å². The van der Waals surface area contributed by atoms with Crippen LogP contribution in [-0.4, -0.2) is 59.0 Å². The van der Waals surface area contributed by atoms with Crippen LogP contribution in [0.25, 0.3) is 32.9 Å². The van der Waals surface area contributed by atoms with Crippen LogP contribution in [0.2, 0.25) is 5.02 Å². The van der Waals surface area contributed by atoms with Crippen LogP contribution in [-0.2, 0) is 11.5 Å². The van der Waals surface area contributed by atoms with Crippen LogP contribution >= 0.6 is 11.6 Å². The Labute approximate surface area is 211 Å². The number of hydrogen-bond donors (Lipinski definition) is 0. The lowest BCUT2D eigenvalue weighted by molar-refractivity contribution is -0.128. The summed E-state index contributed by atoms with van der Waals surface area (Å²) in [6, 6.07) is 11.4. The van der Waals surface area contributed by atoms with E-state index < -0.39 is 18.4 Å². The van der Waals surface area contributed by atoms with Crippen molar-refractivity contribution in [2.45, 2.75) is 6.67 Å². The molecule has 1 amide bonds. The van der Waals surface area contributed by atoms with Crippen LogP contribution in [0.15, 0.2) is 55.0 Å². The van der Waals surface area contributed by atoms with E-state index in [1.165, 1.54) is 12.0 Å². The number of halogens is 3. The Hall–Kier alpha value is -3.85. The Morgan fingerprint density at radius 2 is 1.81 bits per heavy atom. The monoisotopic (exact) mass is 509 g/mol. The third-order valence-electron chi connectivity index (χ3n) is 6.34. The van der Waals surface area contributed by atoms with E-state index in [2.05, 4.69) is 21.5 Å². The zero-order chi connectivity index (χ0) is 25.4. The highest BCUT2D eigenvalue weighted by atomic mass is 35.5. The molecule has 0 N–H and O–H groups in total. The van der Waals surface area contributed by atoms with Gasteiger partial charge in [0.2, 0.25) is 0 Å². The normalized spacial score (nSPS) is 13.9. The number of carbonyl (C=O) groups is 1. The summed E-state index contributed by atoms with van der Waals surface area (Å²) in [7, 11) is 1.44. The smallest absolute Gasteiger partial charge is 0.318 e. The summed E-state index contributed by atoms with van der Waals surface area (Å²) < 4.78 is 33.3. The highest BCUT2D eigenvalue weighted by molar-refractivity contribution is 6.36. The maximum absolute atomic E-state index is 14.7. The molecule has 0 radical (unpaired) electrons. The molecular formula is C26H22ClF2N5O2. The molecule has 3 heterocycles. The van der Waals surface area contributed by atoms with Gasteiger partial charge in [-0.25, -0.2) is 8.78 Å². The van der Waals surface area contributed by atoms with Gasteiger partial charge in [0, 0.05) is 53.9 Å². The fourth-order valence-electron chi connectivity index (χ4n) is 4.58. The number of fused-ring (bicyclic) bond motifs is 2. The van der Waals surface area contributed by atoms with Gasteiger partial charge in [-0.05, 0) is 17.0 Å². The zero-order valence-electron chi connectivity index (χ0n) is 19.5. The lowest BCUT2D eigenvalue weighted by Crippen LogP contribution is -2.49. The molecule has 184 valence electrons. The van der Waals surface area contributed by atoms with Crippen LogP contribution in [0.3, 0.4) is 0 Å². The van der Waals surface area contributed by atoms with Gasteiger partial charge in [0.25, 0.3) is 5.91 Å². The van der Waals surface area contributed by atoms with Gasteiger partial charge in [-0.3, -0.25) is 9.78 Å². The molecular weight excluding hydrogens is 488 g/mol. The number of carbonyl (C=O) groups excluding carboxylic acids is 1. The van der Waals surface area contributed by atoms with E-state index in [0.717, 1.165) is 16.3 Å². The standard InChI is InChI=1S/C26H22ClF2N5O2/c1-15(29)25(35)34-11-9-33(10-12-34)24-23-22(31-26(32-24)36-2)18(13-28)19(14-30-23)17-7-3-5-16-6-4-8-20(27)21(16)17/h3-8,14H,1,9-13H2,2H3. The van der Waals surface area contributed by atoms with Gasteiger partial charge in [-0.1, -0.05) is 48.5 Å². The van der Waals surface area contributed by atoms with Gasteiger partial charge < -0.3 is 14.5 Å². The number of methoxy groups -OCH3 is 1. The Kier molecular flexibility index (Phi) is 6.40. The summed E-state index contributed by atoms with van der Waals surface area (Å²) >= 11 is 6.53. The fourth-order valence-corrected chi connectivity index (χ4v) is 4.86. The fraction of sp³-hybridized carbons (Fsp3) is 0.231. The van der Waals surface area contributed by atoms with Crippen molar-refractivity contribution in [1.82, 2.24) is 19.9 Å². The third-order valence-corrected chi connectivity index (χ3v) is 6.65. The van der Waals surface area contributed by atoms with Crippen LogP contribution in [0.4, 0.5) is 14.6 Å². The predicted octanol–water partition coefficient (Wildman–Crippen LogP) is 5.11. The molecule has 0 aliphatic carbocycles. The molecule has 0 atom stereocenters. The highest BCUT2D eigenvalue weighted by Crippen LogP contribution is 2.38. The minimum Gasteiger partial charge on any atom is -0.467 e. The second-order valence-electron chi connectivity index (χ2n) is 8.34. The van der Waals surface area contributed by atoms with Gasteiger partial charge in [-0.15, -0.1) is 0 Å². The van der Waals surface area contributed by atoms with Gasteiger partial charge in [0.05, 0.1) is 7.11 Å². The number of amides is 1. The Bertz CT molecular complexity index is 1500. The first-order chi connectivity index (χ1) is 17.4. The zero-order valence-corrected chi connectivity index (χ0v) is 20.2. The molecule has 2 aromatic heterocycles. The number of rotatable bonds is 5. The summed E-state index contributed by atoms with van der Waals surface area (Å²) in [5, 5.41) is 2.28. The van der Waals surface area contributed by atoms with E-state index in [4.69, 9.17) is 16.3 Å². The van der Waals surface area contributed by atoms with Crippen molar-refractivity contribution in [2.24, 2.45) is 0 Å². The number of hydrogen-bond acceptors (Lipinski definition) is 6. The SMILES string of the molecule is C=C(F)C(=O)N1CCN(c2nc(OC)nc3c(CF)c(-c4cccc5cccc(Cl)c45)cnc23)CC1. The van der Waals surface area contributed by atoms with Crippen LogP contribution in [0.5, 0.6) is 6.01 Å². The molecule has 4 aromatic rings. The summed E-state index contributed by atoms with van der Waals surface area (Å²) in [5.74, 6) is -1.26. The van der Waals surface area contributed by atoms with E-state index in [1.807, 2.05) is 35.2 Å². The molecule has 0 bridgehead atoms. The number of alkyl halides is 1. The first kappa shape index (κ1) is 23.9. The molecule has 7 nitrogen and oxygen atoms in total. The lowest BCUT2D eigenvalue weighted by atomic mass is 9.95. The average molecular weight is 510 g/mol. The second-order valence-corrected chi connectivity index (χ2v) is 8.75. The first-order valence-corrected chi connectivity index (χ1v) is 11.7. The first-order valence-electron chi connectivity index (χ1n) is 11.3. The second kappa shape index (κ2) is 9.66. The number of ether oxygens (including phenoxy) is 1. The van der Waals surface area contributed by atoms with E-state index in [-0.39, 0.29) is 19.1 Å². The molecule has 5 rings (SSSR count). The molecule has 2 aromatic carbocycles. The minimum atomic E-state index is -0.993. The van der Waals surface area contributed by atoms with Gasteiger partial charge >= 0.3 is 6.01 Å². The van der Waals surface area contributed by atoms with E-state index in [1.54, 1.807) is 12.3 Å². The van der Waals surface area contributed by atoms with Crippen molar-refractivity contribution in [3.05, 3.63) is 65.6 Å². The minimum absolute atomic E-state index is 0.0674. The topological polar surface area (TPSA) is 71.5 Å². The van der Waals surface area contributed by atoms with Gasteiger partial charge in [0.15, 0.2) is 11.6 Å². The Morgan fingerprint density at radius 1 is 1.08 bits per heavy atom. The number of pyridine rings is 1. The molecule has 1 fully saturated rings.